The highest BCUT2D eigenvalue weighted by molar-refractivity contribution is 7.18. The Morgan fingerprint density at radius 3 is 2.86 bits per heavy atom. The third kappa shape index (κ3) is 3.11. The number of likely N-dealkylation sites (tertiary alicyclic amines) is 1. The predicted molar refractivity (Wildman–Crippen MR) is 111 cm³/mol. The summed E-state index contributed by atoms with van der Waals surface area (Å²) in [6, 6.07) is 6.18. The van der Waals surface area contributed by atoms with Crippen molar-refractivity contribution < 1.29 is 9.59 Å². The zero-order valence-electron chi connectivity index (χ0n) is 15.9. The largest absolute Gasteiger partial charge is 0.353 e. The molecule has 5 rings (SSSR count). The molecule has 1 spiro atoms. The Morgan fingerprint density at radius 2 is 2.14 bits per heavy atom. The summed E-state index contributed by atoms with van der Waals surface area (Å²) in [6.07, 6.45) is 4.81. The molecule has 1 aliphatic heterocycles. The van der Waals surface area contributed by atoms with Crippen molar-refractivity contribution in [1.82, 2.24) is 15.2 Å². The summed E-state index contributed by atoms with van der Waals surface area (Å²) in [4.78, 5) is 30.9. The third-order valence-corrected chi connectivity index (χ3v) is 8.18. The van der Waals surface area contributed by atoms with Gasteiger partial charge >= 0.3 is 0 Å². The number of benzene rings is 1. The van der Waals surface area contributed by atoms with Gasteiger partial charge in [0.05, 0.1) is 21.1 Å². The Morgan fingerprint density at radius 1 is 1.36 bits per heavy atom. The number of nitrogens with one attached hydrogen (secondary N) is 1. The topological polar surface area (TPSA) is 62.3 Å². The van der Waals surface area contributed by atoms with Crippen LogP contribution in [-0.4, -0.2) is 40.8 Å². The van der Waals surface area contributed by atoms with Crippen molar-refractivity contribution in [3.8, 4) is 0 Å². The molecule has 0 bridgehead atoms. The number of hydrogen-bond donors (Lipinski definition) is 1. The number of thiazole rings is 1. The van der Waals surface area contributed by atoms with Crippen LogP contribution in [0.2, 0.25) is 5.02 Å². The van der Waals surface area contributed by atoms with Gasteiger partial charge in [-0.05, 0) is 56.2 Å². The summed E-state index contributed by atoms with van der Waals surface area (Å²) in [6.45, 7) is 3.22. The molecular formula is C21H24ClN3O2S. The Labute approximate surface area is 173 Å². The highest BCUT2D eigenvalue weighted by Gasteiger charge is 2.54. The minimum Gasteiger partial charge on any atom is -0.353 e. The van der Waals surface area contributed by atoms with E-state index in [1.807, 2.05) is 19.1 Å². The monoisotopic (exact) mass is 417 g/mol. The minimum absolute atomic E-state index is 0.0584. The molecule has 1 aromatic carbocycles. The summed E-state index contributed by atoms with van der Waals surface area (Å²) in [5, 5.41) is 5.14. The second kappa shape index (κ2) is 6.70. The van der Waals surface area contributed by atoms with Crippen molar-refractivity contribution in [3.63, 3.8) is 0 Å². The fraction of sp³-hybridized carbons (Fsp3) is 0.571. The van der Waals surface area contributed by atoms with Crippen molar-refractivity contribution >= 4 is 45.0 Å². The predicted octanol–water partition coefficient (Wildman–Crippen LogP) is 3.96. The molecule has 3 aliphatic rings. The molecule has 1 unspecified atom stereocenters. The summed E-state index contributed by atoms with van der Waals surface area (Å²) >= 11 is 7.85. The maximum absolute atomic E-state index is 12.5. The van der Waals surface area contributed by atoms with Gasteiger partial charge in [-0.1, -0.05) is 11.6 Å². The van der Waals surface area contributed by atoms with Gasteiger partial charge in [0.25, 0.3) is 0 Å². The van der Waals surface area contributed by atoms with Crippen molar-refractivity contribution in [1.29, 1.82) is 0 Å². The Bertz CT molecular complexity index is 944. The van der Waals surface area contributed by atoms with Gasteiger partial charge < -0.3 is 10.2 Å². The van der Waals surface area contributed by atoms with Crippen LogP contribution in [0.25, 0.3) is 10.2 Å². The molecule has 0 radical (unpaired) electrons. The first-order valence-electron chi connectivity index (χ1n) is 10.1. The highest BCUT2D eigenvalue weighted by Crippen LogP contribution is 2.62. The lowest BCUT2D eigenvalue weighted by atomic mass is 9.50. The van der Waals surface area contributed by atoms with E-state index in [1.165, 1.54) is 22.5 Å². The fourth-order valence-electron chi connectivity index (χ4n) is 5.25. The summed E-state index contributed by atoms with van der Waals surface area (Å²) in [7, 11) is 0. The fourth-order valence-corrected chi connectivity index (χ4v) is 6.46. The van der Waals surface area contributed by atoms with Gasteiger partial charge in [0.1, 0.15) is 0 Å². The van der Waals surface area contributed by atoms with Crippen LogP contribution in [0.4, 0.5) is 0 Å². The number of halogens is 1. The van der Waals surface area contributed by atoms with Gasteiger partial charge in [0, 0.05) is 36.5 Å². The van der Waals surface area contributed by atoms with Crippen LogP contribution in [0.5, 0.6) is 0 Å². The van der Waals surface area contributed by atoms with Crippen LogP contribution < -0.4 is 5.32 Å². The molecule has 1 saturated heterocycles. The normalized spacial score (nSPS) is 31.9. The van der Waals surface area contributed by atoms with Gasteiger partial charge in [-0.15, -0.1) is 11.3 Å². The molecule has 7 heteroatoms. The molecule has 1 aromatic heterocycles. The van der Waals surface area contributed by atoms with E-state index >= 15 is 0 Å². The van der Waals surface area contributed by atoms with Crippen LogP contribution in [0.15, 0.2) is 18.2 Å². The van der Waals surface area contributed by atoms with E-state index in [4.69, 9.17) is 16.6 Å². The smallest absolute Gasteiger partial charge is 0.225 e. The van der Waals surface area contributed by atoms with Gasteiger partial charge in [0.2, 0.25) is 11.8 Å². The Kier molecular flexibility index (Phi) is 4.40. The third-order valence-electron chi connectivity index (χ3n) is 6.75. The number of aromatic nitrogens is 1. The number of fused-ring (bicyclic) bond motifs is 1. The lowest BCUT2D eigenvalue weighted by molar-refractivity contribution is -0.130. The van der Waals surface area contributed by atoms with E-state index in [9.17, 15) is 9.59 Å². The number of hydrogen-bond acceptors (Lipinski definition) is 4. The van der Waals surface area contributed by atoms with Crippen molar-refractivity contribution in [3.05, 3.63) is 28.2 Å². The average Bonchev–Trinajstić information content (AvgIpc) is 3.18. The van der Waals surface area contributed by atoms with Crippen LogP contribution in [0.3, 0.4) is 0 Å². The molecule has 2 aliphatic carbocycles. The molecule has 2 aromatic rings. The van der Waals surface area contributed by atoms with Crippen LogP contribution in [0.1, 0.15) is 50.0 Å². The molecule has 2 heterocycles. The summed E-state index contributed by atoms with van der Waals surface area (Å²) < 4.78 is 1.20. The maximum atomic E-state index is 12.5. The van der Waals surface area contributed by atoms with E-state index in [2.05, 4.69) is 11.4 Å². The zero-order chi connectivity index (χ0) is 19.5. The number of rotatable bonds is 4. The molecule has 2 amide bonds. The molecule has 1 atom stereocenters. The van der Waals surface area contributed by atoms with E-state index in [1.54, 1.807) is 16.2 Å². The first-order chi connectivity index (χ1) is 13.4. The van der Waals surface area contributed by atoms with Crippen LogP contribution in [0, 0.1) is 11.3 Å². The standard InChI is InChI=1S/C21H24ClN3O2S/c1-2-25-11-12(5-18(25)26)19(27)23-15-9-21(10-15)7-13(8-21)20-24-16-6-14(22)3-4-17(16)28-20/h3-4,6,12-13,15H,2,5,7-11H2,1H3,(H,23,27). The Hall–Kier alpha value is -1.66. The van der Waals surface area contributed by atoms with Crippen molar-refractivity contribution in [2.45, 2.75) is 51.0 Å². The zero-order valence-corrected chi connectivity index (χ0v) is 17.5. The van der Waals surface area contributed by atoms with Crippen LogP contribution in [-0.2, 0) is 9.59 Å². The van der Waals surface area contributed by atoms with E-state index < -0.39 is 0 Å². The Balaban J connectivity index is 1.13. The van der Waals surface area contributed by atoms with E-state index in [0.29, 0.717) is 30.8 Å². The summed E-state index contributed by atoms with van der Waals surface area (Å²) in [5.41, 5.74) is 1.39. The molecule has 148 valence electrons. The van der Waals surface area contributed by atoms with E-state index in [0.717, 1.165) is 23.4 Å². The van der Waals surface area contributed by atoms with Gasteiger partial charge in [-0.2, -0.15) is 0 Å². The van der Waals surface area contributed by atoms with Crippen molar-refractivity contribution in [2.24, 2.45) is 11.3 Å². The molecule has 28 heavy (non-hydrogen) atoms. The molecule has 3 fully saturated rings. The molecule has 1 N–H and O–H groups in total. The highest BCUT2D eigenvalue weighted by atomic mass is 35.5. The molecular weight excluding hydrogens is 394 g/mol. The molecule has 5 nitrogen and oxygen atoms in total. The average molecular weight is 418 g/mol. The van der Waals surface area contributed by atoms with Gasteiger partial charge in [-0.3, -0.25) is 9.59 Å². The lowest BCUT2D eigenvalue weighted by Crippen LogP contribution is -2.56. The first kappa shape index (κ1) is 18.4. The SMILES string of the molecule is CCN1CC(C(=O)NC2CC3(C2)CC(c2nc4cc(Cl)ccc4s2)C3)CC1=O. The maximum Gasteiger partial charge on any atom is 0.225 e. The lowest BCUT2D eigenvalue weighted by Gasteiger charge is -2.57. The number of carbonyl (C=O) groups is 2. The quantitative estimate of drug-likeness (QED) is 0.818. The summed E-state index contributed by atoms with van der Waals surface area (Å²) in [5.74, 6) is 0.529. The van der Waals surface area contributed by atoms with Crippen molar-refractivity contribution in [2.75, 3.05) is 13.1 Å². The minimum atomic E-state index is -0.173. The number of carbonyl (C=O) groups excluding carboxylic acids is 2. The van der Waals surface area contributed by atoms with Gasteiger partial charge in [-0.25, -0.2) is 4.98 Å². The second-order valence-corrected chi connectivity index (χ2v) is 10.2. The van der Waals surface area contributed by atoms with E-state index in [-0.39, 0.29) is 23.8 Å². The van der Waals surface area contributed by atoms with Crippen LogP contribution >= 0.6 is 22.9 Å². The number of amides is 2. The van der Waals surface area contributed by atoms with Gasteiger partial charge in [0.15, 0.2) is 0 Å². The second-order valence-electron chi connectivity index (χ2n) is 8.72. The number of nitrogens with zero attached hydrogens (tertiary/aromatic N) is 2. The first-order valence-corrected chi connectivity index (χ1v) is 11.3. The molecule has 2 saturated carbocycles.